The van der Waals surface area contributed by atoms with Gasteiger partial charge in [0.15, 0.2) is 11.6 Å². The van der Waals surface area contributed by atoms with E-state index in [1.165, 1.54) is 12.1 Å². The van der Waals surface area contributed by atoms with Gasteiger partial charge < -0.3 is 4.74 Å². The largest absolute Gasteiger partial charge is 0.372 e. The van der Waals surface area contributed by atoms with E-state index in [9.17, 15) is 9.18 Å². The molecule has 0 fully saturated rings. The van der Waals surface area contributed by atoms with Crippen LogP contribution in [0.5, 0.6) is 0 Å². The van der Waals surface area contributed by atoms with Crippen LogP contribution in [0, 0.1) is 5.82 Å². The Bertz CT molecular complexity index is 667. The van der Waals surface area contributed by atoms with Gasteiger partial charge in [0.05, 0.1) is 23.8 Å². The molecule has 0 saturated heterocycles. The number of benzene rings is 2. The van der Waals surface area contributed by atoms with Gasteiger partial charge in [-0.15, -0.1) is 0 Å². The Balaban J connectivity index is 2.02. The molecule has 1 aliphatic heterocycles. The van der Waals surface area contributed by atoms with Crippen LogP contribution in [0.4, 0.5) is 4.39 Å². The average molecular weight is 277 g/mol. The van der Waals surface area contributed by atoms with Gasteiger partial charge in [-0.1, -0.05) is 29.8 Å². The number of rotatable bonds is 2. The monoisotopic (exact) mass is 276 g/mol. The lowest BCUT2D eigenvalue weighted by Crippen LogP contribution is -2.05. The zero-order valence-electron chi connectivity index (χ0n) is 9.95. The number of ketones is 1. The van der Waals surface area contributed by atoms with Gasteiger partial charge in [0, 0.05) is 5.56 Å². The van der Waals surface area contributed by atoms with Crippen molar-refractivity contribution in [3.8, 4) is 0 Å². The SMILES string of the molecule is O=C(c1ccc2c(c1)COC2)c1cccc(Cl)c1F. The third kappa shape index (κ3) is 2.15. The number of hydrogen-bond donors (Lipinski definition) is 0. The molecule has 2 aromatic rings. The van der Waals surface area contributed by atoms with E-state index in [-0.39, 0.29) is 16.4 Å². The van der Waals surface area contributed by atoms with Gasteiger partial charge in [-0.2, -0.15) is 0 Å². The van der Waals surface area contributed by atoms with Crippen molar-refractivity contribution in [1.29, 1.82) is 0 Å². The van der Waals surface area contributed by atoms with Gasteiger partial charge in [0.1, 0.15) is 0 Å². The molecule has 2 nitrogen and oxygen atoms in total. The Morgan fingerprint density at radius 2 is 1.95 bits per heavy atom. The summed E-state index contributed by atoms with van der Waals surface area (Å²) in [6.45, 7) is 1.06. The second-order valence-electron chi connectivity index (χ2n) is 4.41. The minimum Gasteiger partial charge on any atom is -0.372 e. The van der Waals surface area contributed by atoms with Crippen LogP contribution >= 0.6 is 11.6 Å². The fourth-order valence-electron chi connectivity index (χ4n) is 2.15. The molecule has 0 saturated carbocycles. The summed E-state index contributed by atoms with van der Waals surface area (Å²) in [7, 11) is 0. The highest BCUT2D eigenvalue weighted by atomic mass is 35.5. The molecule has 1 heterocycles. The molecule has 1 aliphatic rings. The van der Waals surface area contributed by atoms with E-state index in [0.29, 0.717) is 18.8 Å². The topological polar surface area (TPSA) is 26.3 Å². The summed E-state index contributed by atoms with van der Waals surface area (Å²) < 4.78 is 19.1. The molecule has 0 unspecified atom stereocenters. The zero-order chi connectivity index (χ0) is 13.4. The van der Waals surface area contributed by atoms with Crippen molar-refractivity contribution >= 4 is 17.4 Å². The molecule has 0 N–H and O–H groups in total. The van der Waals surface area contributed by atoms with Crippen LogP contribution in [0.15, 0.2) is 36.4 Å². The normalized spacial score (nSPS) is 13.4. The quantitative estimate of drug-likeness (QED) is 0.781. The Kier molecular flexibility index (Phi) is 3.09. The zero-order valence-corrected chi connectivity index (χ0v) is 10.7. The van der Waals surface area contributed by atoms with Gasteiger partial charge in [-0.3, -0.25) is 4.79 Å². The number of ether oxygens (including phenoxy) is 1. The molecule has 0 aliphatic carbocycles. The van der Waals surface area contributed by atoms with Crippen molar-refractivity contribution in [3.05, 3.63) is 69.5 Å². The second kappa shape index (κ2) is 4.76. The first-order chi connectivity index (χ1) is 9.16. The van der Waals surface area contributed by atoms with Gasteiger partial charge in [-0.05, 0) is 29.3 Å². The van der Waals surface area contributed by atoms with Crippen LogP contribution in [0.25, 0.3) is 0 Å². The molecule has 0 bridgehead atoms. The van der Waals surface area contributed by atoms with Crippen LogP contribution in [-0.2, 0) is 18.0 Å². The summed E-state index contributed by atoms with van der Waals surface area (Å²) in [5.74, 6) is -1.04. The summed E-state index contributed by atoms with van der Waals surface area (Å²) in [6.07, 6.45) is 0. The maximum Gasteiger partial charge on any atom is 0.196 e. The summed E-state index contributed by atoms with van der Waals surface area (Å²) in [5.41, 5.74) is 2.49. The Morgan fingerprint density at radius 1 is 1.16 bits per heavy atom. The van der Waals surface area contributed by atoms with Crippen molar-refractivity contribution in [2.75, 3.05) is 0 Å². The average Bonchev–Trinajstić information content (AvgIpc) is 2.88. The van der Waals surface area contributed by atoms with E-state index < -0.39 is 5.82 Å². The van der Waals surface area contributed by atoms with Crippen LogP contribution in [0.2, 0.25) is 5.02 Å². The van der Waals surface area contributed by atoms with Crippen molar-refractivity contribution in [2.45, 2.75) is 13.2 Å². The number of halogens is 2. The van der Waals surface area contributed by atoms with Gasteiger partial charge in [0.2, 0.25) is 0 Å². The molecule has 0 amide bonds. The van der Waals surface area contributed by atoms with E-state index in [0.717, 1.165) is 11.1 Å². The van der Waals surface area contributed by atoms with Crippen molar-refractivity contribution in [2.24, 2.45) is 0 Å². The third-order valence-electron chi connectivity index (χ3n) is 3.18. The summed E-state index contributed by atoms with van der Waals surface area (Å²) in [5, 5.41) is -0.0460. The van der Waals surface area contributed by atoms with Gasteiger partial charge in [-0.25, -0.2) is 4.39 Å². The molecule has 3 rings (SSSR count). The lowest BCUT2D eigenvalue weighted by Gasteiger charge is -2.05. The van der Waals surface area contributed by atoms with E-state index in [1.807, 2.05) is 6.07 Å². The lowest BCUT2D eigenvalue weighted by molar-refractivity contribution is 0.103. The van der Waals surface area contributed by atoms with Gasteiger partial charge >= 0.3 is 0 Å². The molecule has 0 spiro atoms. The minimum absolute atomic E-state index is 0.00800. The highest BCUT2D eigenvalue weighted by Crippen LogP contribution is 2.24. The molecular formula is C15H10ClFO2. The standard InChI is InChI=1S/C15H10ClFO2/c16-13-3-1-2-12(14(13)17)15(18)9-4-5-10-7-19-8-11(10)6-9/h1-6H,7-8H2. The lowest BCUT2D eigenvalue weighted by atomic mass is 9.99. The maximum absolute atomic E-state index is 13.8. The Labute approximate surface area is 114 Å². The number of carbonyl (C=O) groups excluding carboxylic acids is 1. The number of carbonyl (C=O) groups is 1. The second-order valence-corrected chi connectivity index (χ2v) is 4.81. The first kappa shape index (κ1) is 12.3. The number of hydrogen-bond acceptors (Lipinski definition) is 2. The Morgan fingerprint density at radius 3 is 2.79 bits per heavy atom. The molecule has 96 valence electrons. The molecule has 0 aromatic heterocycles. The predicted octanol–water partition coefficient (Wildman–Crippen LogP) is 3.74. The summed E-state index contributed by atoms with van der Waals surface area (Å²) in [4.78, 5) is 12.3. The smallest absolute Gasteiger partial charge is 0.196 e. The first-order valence-corrected chi connectivity index (χ1v) is 6.23. The molecular weight excluding hydrogens is 267 g/mol. The maximum atomic E-state index is 13.8. The first-order valence-electron chi connectivity index (χ1n) is 5.85. The molecule has 2 aromatic carbocycles. The van der Waals surface area contributed by atoms with Crippen LogP contribution in [-0.4, -0.2) is 5.78 Å². The highest BCUT2D eigenvalue weighted by molar-refractivity contribution is 6.31. The van der Waals surface area contributed by atoms with Crippen molar-refractivity contribution < 1.29 is 13.9 Å². The molecule has 0 radical (unpaired) electrons. The van der Waals surface area contributed by atoms with Crippen molar-refractivity contribution in [1.82, 2.24) is 0 Å². The molecule has 4 heteroatoms. The fourth-order valence-corrected chi connectivity index (χ4v) is 2.32. The minimum atomic E-state index is -0.675. The van der Waals surface area contributed by atoms with Crippen LogP contribution in [0.1, 0.15) is 27.0 Å². The van der Waals surface area contributed by atoms with E-state index in [1.54, 1.807) is 18.2 Å². The third-order valence-corrected chi connectivity index (χ3v) is 3.47. The summed E-state index contributed by atoms with van der Waals surface area (Å²) in [6, 6.07) is 9.71. The molecule has 0 atom stereocenters. The van der Waals surface area contributed by atoms with Crippen LogP contribution < -0.4 is 0 Å². The number of fused-ring (bicyclic) bond motifs is 1. The van der Waals surface area contributed by atoms with Gasteiger partial charge in [0.25, 0.3) is 0 Å². The van der Waals surface area contributed by atoms with E-state index in [2.05, 4.69) is 0 Å². The fraction of sp³-hybridized carbons (Fsp3) is 0.133. The Hall–Kier alpha value is -1.71. The molecule has 19 heavy (non-hydrogen) atoms. The van der Waals surface area contributed by atoms with E-state index >= 15 is 0 Å². The highest BCUT2D eigenvalue weighted by Gasteiger charge is 2.18. The van der Waals surface area contributed by atoms with E-state index in [4.69, 9.17) is 16.3 Å². The van der Waals surface area contributed by atoms with Crippen LogP contribution in [0.3, 0.4) is 0 Å². The summed E-state index contributed by atoms with van der Waals surface area (Å²) >= 11 is 5.69. The predicted molar refractivity (Wildman–Crippen MR) is 69.8 cm³/mol. The van der Waals surface area contributed by atoms with Crippen molar-refractivity contribution in [3.63, 3.8) is 0 Å².